The summed E-state index contributed by atoms with van der Waals surface area (Å²) < 4.78 is 32.3. The number of esters is 1. The summed E-state index contributed by atoms with van der Waals surface area (Å²) in [5.74, 6) is -0.433. The molecule has 0 bridgehead atoms. The van der Waals surface area contributed by atoms with Gasteiger partial charge in [0, 0.05) is 32.2 Å². The number of ether oxygens (including phenoxy) is 1. The topological polar surface area (TPSA) is 92.9 Å². The Morgan fingerprint density at radius 2 is 1.74 bits per heavy atom. The molecule has 19 heavy (non-hydrogen) atoms. The molecule has 1 atom stereocenters. The fraction of sp³-hybridized carbons (Fsp3) is 0.909. The third kappa shape index (κ3) is 3.07. The van der Waals surface area contributed by atoms with Crippen molar-refractivity contribution in [3.8, 4) is 0 Å². The van der Waals surface area contributed by atoms with E-state index in [1.807, 2.05) is 0 Å². The van der Waals surface area contributed by atoms with Crippen LogP contribution in [0.1, 0.15) is 19.3 Å². The predicted octanol–water partition coefficient (Wildman–Crippen LogP) is -0.851. The number of carbonyl (C=O) groups excluding carboxylic acids is 1. The third-order valence-corrected chi connectivity index (χ3v) is 5.83. The van der Waals surface area contributed by atoms with Gasteiger partial charge in [-0.3, -0.25) is 4.79 Å². The van der Waals surface area contributed by atoms with Crippen molar-refractivity contribution in [2.24, 2.45) is 11.7 Å². The largest absolute Gasteiger partial charge is 0.469 e. The maximum Gasteiger partial charge on any atom is 0.308 e. The van der Waals surface area contributed by atoms with Gasteiger partial charge in [-0.1, -0.05) is 0 Å². The Bertz CT molecular complexity index is 431. The second-order valence-electron chi connectivity index (χ2n) is 5.11. The molecule has 0 aromatic heterocycles. The van der Waals surface area contributed by atoms with Crippen LogP contribution >= 0.6 is 0 Å². The smallest absolute Gasteiger partial charge is 0.308 e. The van der Waals surface area contributed by atoms with Gasteiger partial charge in [-0.2, -0.15) is 17.0 Å². The lowest BCUT2D eigenvalue weighted by Gasteiger charge is -2.32. The number of hydrogen-bond donors (Lipinski definition) is 1. The van der Waals surface area contributed by atoms with Crippen molar-refractivity contribution in [3.05, 3.63) is 0 Å². The van der Waals surface area contributed by atoms with Gasteiger partial charge in [-0.05, 0) is 19.3 Å². The van der Waals surface area contributed by atoms with Gasteiger partial charge in [0.15, 0.2) is 0 Å². The SMILES string of the molecule is COC(=O)C1CCN(S(=O)(=O)N2CC[C@@H](N)C2)CC1. The van der Waals surface area contributed by atoms with E-state index in [4.69, 9.17) is 10.5 Å². The second-order valence-corrected chi connectivity index (χ2v) is 7.04. The highest BCUT2D eigenvalue weighted by Crippen LogP contribution is 2.24. The summed E-state index contributed by atoms with van der Waals surface area (Å²) in [5, 5.41) is 0. The van der Waals surface area contributed by atoms with E-state index in [0.29, 0.717) is 45.4 Å². The molecule has 7 nitrogen and oxygen atoms in total. The minimum Gasteiger partial charge on any atom is -0.469 e. The van der Waals surface area contributed by atoms with Gasteiger partial charge in [-0.15, -0.1) is 0 Å². The zero-order chi connectivity index (χ0) is 14.0. The maximum atomic E-state index is 12.4. The van der Waals surface area contributed by atoms with Crippen molar-refractivity contribution in [3.63, 3.8) is 0 Å². The van der Waals surface area contributed by atoms with Crippen LogP contribution in [0.4, 0.5) is 0 Å². The van der Waals surface area contributed by atoms with Gasteiger partial charge in [0.05, 0.1) is 13.0 Å². The summed E-state index contributed by atoms with van der Waals surface area (Å²) >= 11 is 0. The Kier molecular flexibility index (Phi) is 4.44. The Labute approximate surface area is 113 Å². The van der Waals surface area contributed by atoms with Gasteiger partial charge in [0.2, 0.25) is 0 Å². The molecule has 2 fully saturated rings. The summed E-state index contributed by atoms with van der Waals surface area (Å²) in [7, 11) is -2.06. The number of rotatable bonds is 3. The highest BCUT2D eigenvalue weighted by Gasteiger charge is 2.37. The van der Waals surface area contributed by atoms with Crippen molar-refractivity contribution in [2.45, 2.75) is 25.3 Å². The molecule has 0 amide bonds. The van der Waals surface area contributed by atoms with E-state index in [9.17, 15) is 13.2 Å². The molecular formula is C11H21N3O4S. The molecule has 8 heteroatoms. The Morgan fingerprint density at radius 1 is 1.16 bits per heavy atom. The summed E-state index contributed by atoms with van der Waals surface area (Å²) in [6, 6.07) is -0.0672. The predicted molar refractivity (Wildman–Crippen MR) is 69.4 cm³/mol. The van der Waals surface area contributed by atoms with E-state index in [1.54, 1.807) is 0 Å². The molecule has 2 saturated heterocycles. The summed E-state index contributed by atoms with van der Waals surface area (Å²) in [5.41, 5.74) is 5.75. The number of carbonyl (C=O) groups is 1. The van der Waals surface area contributed by atoms with E-state index in [1.165, 1.54) is 15.7 Å². The highest BCUT2D eigenvalue weighted by molar-refractivity contribution is 7.86. The number of hydrogen-bond acceptors (Lipinski definition) is 5. The molecule has 0 unspecified atom stereocenters. The van der Waals surface area contributed by atoms with Gasteiger partial charge in [-0.25, -0.2) is 0 Å². The molecule has 0 aromatic carbocycles. The molecule has 110 valence electrons. The van der Waals surface area contributed by atoms with Crippen molar-refractivity contribution in [2.75, 3.05) is 33.3 Å². The lowest BCUT2D eigenvalue weighted by molar-refractivity contribution is -0.146. The first kappa shape index (κ1) is 14.7. The molecule has 0 aliphatic carbocycles. The molecular weight excluding hydrogens is 270 g/mol. The second kappa shape index (κ2) is 5.74. The summed E-state index contributed by atoms with van der Waals surface area (Å²) in [6.45, 7) is 1.61. The fourth-order valence-electron chi connectivity index (χ4n) is 2.62. The van der Waals surface area contributed by atoms with E-state index in [2.05, 4.69) is 0 Å². The van der Waals surface area contributed by atoms with Crippen LogP contribution < -0.4 is 5.73 Å². The molecule has 0 radical (unpaired) electrons. The van der Waals surface area contributed by atoms with Crippen LogP contribution in [0.3, 0.4) is 0 Å². The molecule has 2 heterocycles. The Morgan fingerprint density at radius 3 is 2.21 bits per heavy atom. The third-order valence-electron chi connectivity index (χ3n) is 3.83. The van der Waals surface area contributed by atoms with Crippen LogP contribution in [0.15, 0.2) is 0 Å². The quantitative estimate of drug-likeness (QED) is 0.684. The fourth-order valence-corrected chi connectivity index (χ4v) is 4.33. The molecule has 2 aliphatic heterocycles. The number of piperidine rings is 1. The van der Waals surface area contributed by atoms with Crippen LogP contribution in [0.2, 0.25) is 0 Å². The minimum atomic E-state index is -3.42. The van der Waals surface area contributed by atoms with E-state index < -0.39 is 10.2 Å². The maximum absolute atomic E-state index is 12.4. The highest BCUT2D eigenvalue weighted by atomic mass is 32.2. The van der Waals surface area contributed by atoms with E-state index in [-0.39, 0.29) is 17.9 Å². The van der Waals surface area contributed by atoms with Crippen molar-refractivity contribution >= 4 is 16.2 Å². The van der Waals surface area contributed by atoms with E-state index >= 15 is 0 Å². The van der Waals surface area contributed by atoms with Crippen LogP contribution in [0, 0.1) is 5.92 Å². The standard InChI is InChI=1S/C11H21N3O4S/c1-18-11(15)9-2-5-13(6-3-9)19(16,17)14-7-4-10(12)8-14/h9-10H,2-8,12H2,1H3/t10-/m1/s1. The first-order valence-electron chi connectivity index (χ1n) is 6.53. The van der Waals surface area contributed by atoms with Crippen molar-refractivity contribution in [1.82, 2.24) is 8.61 Å². The lowest BCUT2D eigenvalue weighted by atomic mass is 9.99. The minimum absolute atomic E-state index is 0.0672. The molecule has 0 saturated carbocycles. The molecule has 2 aliphatic rings. The molecule has 0 aromatic rings. The van der Waals surface area contributed by atoms with Crippen LogP contribution in [-0.2, 0) is 19.7 Å². The first-order valence-corrected chi connectivity index (χ1v) is 7.93. The molecule has 2 N–H and O–H groups in total. The van der Waals surface area contributed by atoms with E-state index in [0.717, 1.165) is 0 Å². The van der Waals surface area contributed by atoms with Crippen LogP contribution in [0.5, 0.6) is 0 Å². The number of methoxy groups -OCH3 is 1. The monoisotopic (exact) mass is 291 g/mol. The zero-order valence-corrected chi connectivity index (χ0v) is 11.9. The average Bonchev–Trinajstić information content (AvgIpc) is 2.85. The number of nitrogens with zero attached hydrogens (tertiary/aromatic N) is 2. The van der Waals surface area contributed by atoms with Crippen molar-refractivity contribution < 1.29 is 17.9 Å². The zero-order valence-electron chi connectivity index (χ0n) is 11.1. The summed E-state index contributed by atoms with van der Waals surface area (Å²) in [6.07, 6.45) is 1.75. The normalized spacial score (nSPS) is 27.6. The number of nitrogens with two attached hydrogens (primary N) is 1. The van der Waals surface area contributed by atoms with Gasteiger partial charge >= 0.3 is 5.97 Å². The molecule has 0 spiro atoms. The van der Waals surface area contributed by atoms with Gasteiger partial charge in [0.1, 0.15) is 0 Å². The van der Waals surface area contributed by atoms with Crippen molar-refractivity contribution in [1.29, 1.82) is 0 Å². The van der Waals surface area contributed by atoms with Crippen LogP contribution in [-0.4, -0.2) is 62.3 Å². The van der Waals surface area contributed by atoms with Crippen LogP contribution in [0.25, 0.3) is 0 Å². The molecule has 2 rings (SSSR count). The van der Waals surface area contributed by atoms with Gasteiger partial charge in [0.25, 0.3) is 10.2 Å². The first-order chi connectivity index (χ1) is 8.95. The summed E-state index contributed by atoms with van der Waals surface area (Å²) in [4.78, 5) is 11.4. The Balaban J connectivity index is 1.95. The Hall–Kier alpha value is -0.700. The average molecular weight is 291 g/mol. The lowest BCUT2D eigenvalue weighted by Crippen LogP contribution is -2.47. The van der Waals surface area contributed by atoms with Gasteiger partial charge < -0.3 is 10.5 Å².